The lowest BCUT2D eigenvalue weighted by Gasteiger charge is -1.80. The zero-order valence-electron chi connectivity index (χ0n) is 5.47. The minimum atomic E-state index is -1.24. The van der Waals surface area contributed by atoms with Crippen LogP contribution in [0, 0.1) is 0 Å². The van der Waals surface area contributed by atoms with Crippen molar-refractivity contribution in [2.24, 2.45) is 0 Å². The maximum atomic E-state index is 10.7. The maximum Gasteiger partial charge on any atom is 0.367 e. The molecular formula is C4H4N2O3S2. The predicted octanol–water partition coefficient (Wildman–Crippen LogP) is -0.0263. The van der Waals surface area contributed by atoms with Crippen molar-refractivity contribution in [1.29, 1.82) is 0 Å². The quantitative estimate of drug-likeness (QED) is 0.712. The van der Waals surface area contributed by atoms with E-state index in [9.17, 15) is 9.00 Å². The van der Waals surface area contributed by atoms with Crippen molar-refractivity contribution in [2.45, 2.75) is 4.34 Å². The molecular weight excluding hydrogens is 188 g/mol. The highest BCUT2D eigenvalue weighted by molar-refractivity contribution is 7.86. The number of hydrogen-bond donors (Lipinski definition) is 1. The molecule has 0 aliphatic heterocycles. The van der Waals surface area contributed by atoms with Crippen molar-refractivity contribution in [3.63, 3.8) is 0 Å². The van der Waals surface area contributed by atoms with Gasteiger partial charge in [-0.05, 0) is 0 Å². The van der Waals surface area contributed by atoms with Gasteiger partial charge in [0.1, 0.15) is 0 Å². The molecule has 7 heteroatoms. The molecule has 0 aromatic carbocycles. The summed E-state index contributed by atoms with van der Waals surface area (Å²) in [7, 11) is -1.24. The van der Waals surface area contributed by atoms with Crippen LogP contribution in [0.3, 0.4) is 0 Å². The molecule has 1 N–H and O–H groups in total. The molecule has 0 fully saturated rings. The van der Waals surface area contributed by atoms with Crippen molar-refractivity contribution < 1.29 is 14.1 Å². The summed E-state index contributed by atoms with van der Waals surface area (Å²) >= 11 is 0.827. The van der Waals surface area contributed by atoms with E-state index in [-0.39, 0.29) is 9.35 Å². The molecule has 1 unspecified atom stereocenters. The lowest BCUT2D eigenvalue weighted by molar-refractivity contribution is 0.0695. The maximum absolute atomic E-state index is 10.7. The first-order chi connectivity index (χ1) is 5.11. The van der Waals surface area contributed by atoms with Crippen molar-refractivity contribution >= 4 is 28.1 Å². The predicted molar refractivity (Wildman–Crippen MR) is 39.2 cm³/mol. The summed E-state index contributed by atoms with van der Waals surface area (Å²) in [5.74, 6) is -1.14. The number of carboxylic acid groups (broad SMARTS) is 1. The van der Waals surface area contributed by atoms with E-state index in [2.05, 4.69) is 10.2 Å². The highest BCUT2D eigenvalue weighted by Gasteiger charge is 2.12. The molecule has 1 atom stereocenters. The van der Waals surface area contributed by atoms with Crippen molar-refractivity contribution in [3.8, 4) is 0 Å². The highest BCUT2D eigenvalue weighted by Crippen LogP contribution is 2.11. The molecule has 0 amide bonds. The molecule has 0 radical (unpaired) electrons. The van der Waals surface area contributed by atoms with Gasteiger partial charge in [0.05, 0.1) is 10.8 Å². The van der Waals surface area contributed by atoms with E-state index in [0.29, 0.717) is 0 Å². The molecule has 60 valence electrons. The smallest absolute Gasteiger partial charge is 0.367 e. The molecule has 1 aromatic heterocycles. The molecule has 0 bridgehead atoms. The Morgan fingerprint density at radius 1 is 1.64 bits per heavy atom. The molecule has 0 aliphatic carbocycles. The topological polar surface area (TPSA) is 80.2 Å². The normalized spacial score (nSPS) is 12.8. The van der Waals surface area contributed by atoms with Crippen LogP contribution in [-0.2, 0) is 10.8 Å². The van der Waals surface area contributed by atoms with Crippen LogP contribution in [0.5, 0.6) is 0 Å². The first kappa shape index (κ1) is 8.28. The van der Waals surface area contributed by atoms with Gasteiger partial charge in [0.2, 0.25) is 9.35 Å². The zero-order chi connectivity index (χ0) is 8.43. The molecule has 11 heavy (non-hydrogen) atoms. The van der Waals surface area contributed by atoms with Crippen LogP contribution in [-0.4, -0.2) is 31.7 Å². The molecule has 0 saturated carbocycles. The van der Waals surface area contributed by atoms with Crippen molar-refractivity contribution in [1.82, 2.24) is 10.2 Å². The SMILES string of the molecule is CS(=O)c1nnc(C(=O)O)s1. The molecule has 5 nitrogen and oxygen atoms in total. The van der Waals surface area contributed by atoms with Gasteiger partial charge < -0.3 is 5.11 Å². The number of hydrogen-bond acceptors (Lipinski definition) is 5. The fourth-order valence-electron chi connectivity index (χ4n) is 0.412. The lowest BCUT2D eigenvalue weighted by atomic mass is 10.7. The summed E-state index contributed by atoms with van der Waals surface area (Å²) in [4.78, 5) is 10.2. The molecule has 0 spiro atoms. The zero-order valence-corrected chi connectivity index (χ0v) is 7.11. The fraction of sp³-hybridized carbons (Fsp3) is 0.250. The van der Waals surface area contributed by atoms with Crippen molar-refractivity contribution in [2.75, 3.05) is 6.26 Å². The van der Waals surface area contributed by atoms with Gasteiger partial charge >= 0.3 is 5.97 Å². The van der Waals surface area contributed by atoms with E-state index in [4.69, 9.17) is 5.11 Å². The summed E-state index contributed by atoms with van der Waals surface area (Å²) in [5.41, 5.74) is 0. The van der Waals surface area contributed by atoms with Crippen LogP contribution in [0.2, 0.25) is 0 Å². The van der Waals surface area contributed by atoms with E-state index >= 15 is 0 Å². The third kappa shape index (κ3) is 1.81. The minimum absolute atomic E-state index is 0.129. The summed E-state index contributed by atoms with van der Waals surface area (Å²) < 4.78 is 10.9. The van der Waals surface area contributed by atoms with E-state index in [0.717, 1.165) is 11.3 Å². The van der Waals surface area contributed by atoms with Gasteiger partial charge in [-0.25, -0.2) is 4.79 Å². The van der Waals surface area contributed by atoms with Crippen LogP contribution in [0.1, 0.15) is 9.80 Å². The van der Waals surface area contributed by atoms with Gasteiger partial charge in [-0.2, -0.15) is 0 Å². The first-order valence-electron chi connectivity index (χ1n) is 2.51. The molecule has 1 rings (SSSR count). The standard InChI is InChI=1S/C4H4N2O3S2/c1-11(9)4-6-5-2(10-4)3(7)8/h1H3,(H,7,8). The summed E-state index contributed by atoms with van der Waals surface area (Å²) in [5, 5.41) is 15.0. The molecule has 0 aliphatic rings. The van der Waals surface area contributed by atoms with Gasteiger partial charge in [0.15, 0.2) is 0 Å². The lowest BCUT2D eigenvalue weighted by Crippen LogP contribution is -1.93. The number of rotatable bonds is 2. The van der Waals surface area contributed by atoms with Crippen LogP contribution >= 0.6 is 11.3 Å². The van der Waals surface area contributed by atoms with E-state index in [1.165, 1.54) is 6.26 Å². The van der Waals surface area contributed by atoms with Gasteiger partial charge in [-0.15, -0.1) is 10.2 Å². The Balaban J connectivity index is 2.99. The second kappa shape index (κ2) is 3.05. The summed E-state index contributed by atoms with van der Waals surface area (Å²) in [6, 6.07) is 0. The Kier molecular flexibility index (Phi) is 2.30. The van der Waals surface area contributed by atoms with Crippen LogP contribution in [0.4, 0.5) is 0 Å². The van der Waals surface area contributed by atoms with Crippen molar-refractivity contribution in [3.05, 3.63) is 5.01 Å². The van der Waals surface area contributed by atoms with E-state index in [1.54, 1.807) is 0 Å². The Labute approximate surface area is 68.5 Å². The van der Waals surface area contributed by atoms with Crippen LogP contribution < -0.4 is 0 Å². The average Bonchev–Trinajstić information content (AvgIpc) is 2.33. The Hall–Kier alpha value is -0.820. The number of aromatic carboxylic acids is 1. The second-order valence-corrected chi connectivity index (χ2v) is 4.16. The average molecular weight is 192 g/mol. The first-order valence-corrected chi connectivity index (χ1v) is 4.89. The second-order valence-electron chi connectivity index (χ2n) is 1.63. The van der Waals surface area contributed by atoms with Gasteiger partial charge in [-0.1, -0.05) is 11.3 Å². The van der Waals surface area contributed by atoms with Gasteiger partial charge in [0, 0.05) is 6.26 Å². The Bertz CT molecular complexity index is 280. The highest BCUT2D eigenvalue weighted by atomic mass is 32.2. The van der Waals surface area contributed by atoms with Gasteiger partial charge in [-0.3, -0.25) is 4.21 Å². The molecule has 1 heterocycles. The Morgan fingerprint density at radius 2 is 2.27 bits per heavy atom. The number of carboxylic acids is 1. The Morgan fingerprint density at radius 3 is 2.55 bits per heavy atom. The van der Waals surface area contributed by atoms with Gasteiger partial charge in [0.25, 0.3) is 0 Å². The summed E-state index contributed by atoms with van der Waals surface area (Å²) in [6.45, 7) is 0. The largest absolute Gasteiger partial charge is 0.476 e. The molecule has 0 saturated heterocycles. The number of carbonyl (C=O) groups is 1. The fourth-order valence-corrected chi connectivity index (χ4v) is 1.69. The number of nitrogens with zero attached hydrogens (tertiary/aromatic N) is 2. The number of aromatic nitrogens is 2. The molecule has 1 aromatic rings. The third-order valence-corrected chi connectivity index (χ3v) is 3.07. The van der Waals surface area contributed by atoms with Crippen LogP contribution in [0.15, 0.2) is 4.34 Å². The summed E-state index contributed by atoms with van der Waals surface area (Å²) in [6.07, 6.45) is 1.42. The van der Waals surface area contributed by atoms with Crippen LogP contribution in [0.25, 0.3) is 0 Å². The third-order valence-electron chi connectivity index (χ3n) is 0.835. The van der Waals surface area contributed by atoms with E-state index in [1.807, 2.05) is 0 Å². The monoisotopic (exact) mass is 192 g/mol. The minimum Gasteiger partial charge on any atom is -0.476 e. The van der Waals surface area contributed by atoms with E-state index < -0.39 is 16.8 Å².